The van der Waals surface area contributed by atoms with E-state index in [0.717, 1.165) is 18.7 Å². The number of nitrogens with zero attached hydrogens (tertiary/aromatic N) is 2. The first kappa shape index (κ1) is 28.0. The third-order valence-electron chi connectivity index (χ3n) is 7.64. The fraction of sp³-hybridized carbons (Fsp3) is 0.481. The van der Waals surface area contributed by atoms with Crippen LogP contribution in [0.2, 0.25) is 0 Å². The quantitative estimate of drug-likeness (QED) is 0.563. The summed E-state index contributed by atoms with van der Waals surface area (Å²) >= 11 is 0. The Morgan fingerprint density at radius 1 is 1.11 bits per heavy atom. The van der Waals surface area contributed by atoms with E-state index in [2.05, 4.69) is 10.2 Å². The van der Waals surface area contributed by atoms with Gasteiger partial charge in [-0.2, -0.15) is 13.2 Å². The predicted octanol–water partition coefficient (Wildman–Crippen LogP) is 4.07. The Morgan fingerprint density at radius 3 is 2.37 bits per heavy atom. The van der Waals surface area contributed by atoms with Crippen LogP contribution in [0.15, 0.2) is 42.5 Å². The molecule has 0 aromatic heterocycles. The van der Waals surface area contributed by atoms with Crippen molar-refractivity contribution in [2.75, 3.05) is 46.9 Å². The lowest BCUT2D eigenvalue weighted by atomic mass is 9.68. The zero-order valence-corrected chi connectivity index (χ0v) is 21.2. The first-order valence-corrected chi connectivity index (χ1v) is 12.3. The minimum absolute atomic E-state index is 0.107. The van der Waals surface area contributed by atoms with Gasteiger partial charge in [-0.3, -0.25) is 9.59 Å². The van der Waals surface area contributed by atoms with E-state index in [1.54, 1.807) is 17.0 Å². The lowest BCUT2D eigenvalue weighted by Crippen LogP contribution is -2.54. The average Bonchev–Trinajstić information content (AvgIpc) is 3.18. The van der Waals surface area contributed by atoms with E-state index in [4.69, 9.17) is 4.74 Å². The van der Waals surface area contributed by atoms with Crippen LogP contribution in [-0.4, -0.2) is 74.6 Å². The van der Waals surface area contributed by atoms with Crippen molar-refractivity contribution < 1.29 is 36.3 Å². The van der Waals surface area contributed by atoms with E-state index < -0.39 is 41.0 Å². The number of halogens is 5. The summed E-state index contributed by atoms with van der Waals surface area (Å²) in [6.07, 6.45) is -3.39. The Labute approximate surface area is 217 Å². The van der Waals surface area contributed by atoms with Gasteiger partial charge in [-0.1, -0.05) is 12.1 Å². The molecule has 2 amide bonds. The van der Waals surface area contributed by atoms with Gasteiger partial charge >= 0.3 is 6.18 Å². The van der Waals surface area contributed by atoms with Crippen molar-refractivity contribution in [3.63, 3.8) is 0 Å². The first-order chi connectivity index (χ1) is 17.9. The van der Waals surface area contributed by atoms with Crippen LogP contribution in [0.3, 0.4) is 0 Å². The summed E-state index contributed by atoms with van der Waals surface area (Å²) in [5, 5.41) is 2.35. The number of alkyl halides is 3. The molecule has 38 heavy (non-hydrogen) atoms. The summed E-state index contributed by atoms with van der Waals surface area (Å²) in [4.78, 5) is 29.9. The average molecular weight is 540 g/mol. The van der Waals surface area contributed by atoms with Crippen molar-refractivity contribution in [1.82, 2.24) is 15.1 Å². The van der Waals surface area contributed by atoms with E-state index in [1.807, 2.05) is 7.05 Å². The highest BCUT2D eigenvalue weighted by Gasteiger charge is 2.48. The standard InChI is InChI=1S/C27H30F5N3O3/c1-34-14-21(17-3-6-19(28)7-4-17)26(16-34)9-11-35(12-10-26)25(37)23(15-38-2)33-24(36)20-13-18(27(30,31)32)5-8-22(20)29/h3-8,13,21,23H,9-12,14-16H2,1-2H3,(H,33,36)/t21?,23-/m1/s1. The second kappa shape index (κ2) is 11.0. The number of carbonyl (C=O) groups excluding carboxylic acids is 2. The molecule has 0 bridgehead atoms. The molecular weight excluding hydrogens is 509 g/mol. The van der Waals surface area contributed by atoms with Crippen LogP contribution in [0.4, 0.5) is 22.0 Å². The summed E-state index contributed by atoms with van der Waals surface area (Å²) in [6, 6.07) is 6.85. The molecule has 2 aliphatic heterocycles. The summed E-state index contributed by atoms with van der Waals surface area (Å²) in [5.74, 6) is -2.84. The number of methoxy groups -OCH3 is 1. The molecule has 206 valence electrons. The molecule has 2 aromatic carbocycles. The number of rotatable bonds is 6. The van der Waals surface area contributed by atoms with Crippen molar-refractivity contribution in [3.05, 3.63) is 70.8 Å². The predicted molar refractivity (Wildman–Crippen MR) is 129 cm³/mol. The number of piperidine rings is 1. The molecule has 6 nitrogen and oxygen atoms in total. The maximum atomic E-state index is 14.2. The Morgan fingerprint density at radius 2 is 1.76 bits per heavy atom. The number of carbonyl (C=O) groups is 2. The van der Waals surface area contributed by atoms with Crippen LogP contribution < -0.4 is 5.32 Å². The van der Waals surface area contributed by atoms with Gasteiger partial charge in [0.05, 0.1) is 17.7 Å². The molecule has 0 saturated carbocycles. The molecule has 1 spiro atoms. The number of likely N-dealkylation sites (tertiary alicyclic amines) is 2. The highest BCUT2D eigenvalue weighted by molar-refractivity contribution is 5.98. The summed E-state index contributed by atoms with van der Waals surface area (Å²) in [7, 11) is 3.35. The number of hydrogen-bond donors (Lipinski definition) is 1. The molecule has 2 heterocycles. The van der Waals surface area contributed by atoms with Crippen LogP contribution in [0.1, 0.15) is 40.2 Å². The van der Waals surface area contributed by atoms with Gasteiger partial charge in [0.15, 0.2) is 0 Å². The van der Waals surface area contributed by atoms with Crippen LogP contribution in [0.25, 0.3) is 0 Å². The van der Waals surface area contributed by atoms with Gasteiger partial charge < -0.3 is 19.9 Å². The third kappa shape index (κ3) is 5.83. The minimum atomic E-state index is -4.76. The molecule has 2 aromatic rings. The Hall–Kier alpha value is -3.05. The van der Waals surface area contributed by atoms with Gasteiger partial charge in [0, 0.05) is 39.2 Å². The molecule has 2 atom stereocenters. The van der Waals surface area contributed by atoms with Crippen LogP contribution in [0.5, 0.6) is 0 Å². The fourth-order valence-electron chi connectivity index (χ4n) is 5.72. The van der Waals surface area contributed by atoms with Gasteiger partial charge in [-0.15, -0.1) is 0 Å². The summed E-state index contributed by atoms with van der Waals surface area (Å²) in [5.41, 5.74) is -1.03. The van der Waals surface area contributed by atoms with E-state index in [-0.39, 0.29) is 23.8 Å². The number of nitrogens with one attached hydrogen (secondary N) is 1. The number of ether oxygens (including phenoxy) is 1. The number of likely N-dealkylation sites (N-methyl/N-ethyl adjacent to an activating group) is 1. The second-order valence-corrected chi connectivity index (χ2v) is 10.2. The van der Waals surface area contributed by atoms with E-state index in [9.17, 15) is 31.5 Å². The molecule has 11 heteroatoms. The van der Waals surface area contributed by atoms with E-state index >= 15 is 0 Å². The first-order valence-electron chi connectivity index (χ1n) is 12.3. The molecule has 1 unspecified atom stereocenters. The van der Waals surface area contributed by atoms with Gasteiger partial charge in [0.25, 0.3) is 5.91 Å². The molecular formula is C27H30F5N3O3. The maximum absolute atomic E-state index is 14.2. The van der Waals surface area contributed by atoms with Crippen molar-refractivity contribution in [1.29, 1.82) is 0 Å². The van der Waals surface area contributed by atoms with Crippen LogP contribution in [-0.2, 0) is 15.7 Å². The topological polar surface area (TPSA) is 61.9 Å². The largest absolute Gasteiger partial charge is 0.416 e. The van der Waals surface area contributed by atoms with Gasteiger partial charge in [0.1, 0.15) is 17.7 Å². The smallest absolute Gasteiger partial charge is 0.382 e. The maximum Gasteiger partial charge on any atom is 0.416 e. The van der Waals surface area contributed by atoms with Gasteiger partial charge in [0.2, 0.25) is 5.91 Å². The molecule has 2 fully saturated rings. The Kier molecular flexibility index (Phi) is 8.08. The lowest BCUT2D eigenvalue weighted by molar-refractivity contribution is -0.138. The highest BCUT2D eigenvalue weighted by Crippen LogP contribution is 2.49. The normalized spacial score (nSPS) is 20.5. The second-order valence-electron chi connectivity index (χ2n) is 10.2. The van der Waals surface area contributed by atoms with Gasteiger partial charge in [-0.05, 0) is 61.2 Å². The number of amides is 2. The number of hydrogen-bond acceptors (Lipinski definition) is 4. The highest BCUT2D eigenvalue weighted by atomic mass is 19.4. The monoisotopic (exact) mass is 539 g/mol. The number of benzene rings is 2. The Balaban J connectivity index is 1.46. The zero-order valence-electron chi connectivity index (χ0n) is 21.2. The molecule has 4 rings (SSSR count). The summed E-state index contributed by atoms with van der Waals surface area (Å²) < 4.78 is 72.0. The molecule has 0 aliphatic carbocycles. The zero-order chi connectivity index (χ0) is 27.7. The van der Waals surface area contributed by atoms with Crippen LogP contribution >= 0.6 is 0 Å². The van der Waals surface area contributed by atoms with Crippen LogP contribution in [0, 0.1) is 17.0 Å². The summed E-state index contributed by atoms with van der Waals surface area (Å²) in [6.45, 7) is 2.21. The molecule has 0 radical (unpaired) electrons. The molecule has 1 N–H and O–H groups in total. The van der Waals surface area contributed by atoms with Crippen molar-refractivity contribution >= 4 is 11.8 Å². The van der Waals surface area contributed by atoms with Crippen molar-refractivity contribution in [2.45, 2.75) is 31.0 Å². The fourth-order valence-corrected chi connectivity index (χ4v) is 5.72. The lowest BCUT2D eigenvalue weighted by Gasteiger charge is -2.43. The molecule has 2 aliphatic rings. The van der Waals surface area contributed by atoms with Crippen molar-refractivity contribution in [3.8, 4) is 0 Å². The SMILES string of the molecule is COC[C@@H](NC(=O)c1cc(C(F)(F)F)ccc1F)C(=O)N1CCC2(CC1)CN(C)CC2c1ccc(F)cc1. The van der Waals surface area contributed by atoms with E-state index in [1.165, 1.54) is 19.2 Å². The minimum Gasteiger partial charge on any atom is -0.382 e. The van der Waals surface area contributed by atoms with Crippen molar-refractivity contribution in [2.24, 2.45) is 5.41 Å². The van der Waals surface area contributed by atoms with Gasteiger partial charge in [-0.25, -0.2) is 8.78 Å². The Bertz CT molecular complexity index is 1160. The van der Waals surface area contributed by atoms with E-state index in [0.29, 0.717) is 44.1 Å². The molecule has 2 saturated heterocycles. The third-order valence-corrected chi connectivity index (χ3v) is 7.64.